The van der Waals surface area contributed by atoms with E-state index in [4.69, 9.17) is 4.74 Å². The standard InChI is InChI=1S/C9H14N2O/c1-3-8-6-10-11-7(2)4-5-12-9(8)11/h6-7H,3-5H2,1-2H3. The number of rotatable bonds is 1. The summed E-state index contributed by atoms with van der Waals surface area (Å²) in [6, 6.07) is 0.494. The summed E-state index contributed by atoms with van der Waals surface area (Å²) >= 11 is 0. The molecule has 1 aromatic rings. The van der Waals surface area contributed by atoms with Crippen molar-refractivity contribution in [2.45, 2.75) is 32.7 Å². The van der Waals surface area contributed by atoms with Gasteiger partial charge in [-0.15, -0.1) is 0 Å². The number of ether oxygens (including phenoxy) is 1. The lowest BCUT2D eigenvalue weighted by Gasteiger charge is -2.22. The number of nitrogens with zero attached hydrogens (tertiary/aromatic N) is 2. The summed E-state index contributed by atoms with van der Waals surface area (Å²) in [7, 11) is 0. The van der Waals surface area contributed by atoms with Crippen LogP contribution in [0.2, 0.25) is 0 Å². The van der Waals surface area contributed by atoms with Gasteiger partial charge in [0.2, 0.25) is 5.88 Å². The van der Waals surface area contributed by atoms with Crippen molar-refractivity contribution < 1.29 is 4.74 Å². The molecule has 12 heavy (non-hydrogen) atoms. The number of hydrogen-bond acceptors (Lipinski definition) is 2. The second kappa shape index (κ2) is 2.81. The minimum Gasteiger partial charge on any atom is -0.478 e. The van der Waals surface area contributed by atoms with E-state index in [0.29, 0.717) is 6.04 Å². The highest BCUT2D eigenvalue weighted by Crippen LogP contribution is 2.28. The fourth-order valence-electron chi connectivity index (χ4n) is 1.55. The maximum atomic E-state index is 5.56. The van der Waals surface area contributed by atoms with Crippen molar-refractivity contribution >= 4 is 0 Å². The zero-order valence-corrected chi connectivity index (χ0v) is 7.58. The zero-order chi connectivity index (χ0) is 8.55. The first-order valence-electron chi connectivity index (χ1n) is 4.52. The highest BCUT2D eigenvalue weighted by Gasteiger charge is 2.20. The highest BCUT2D eigenvalue weighted by molar-refractivity contribution is 5.25. The topological polar surface area (TPSA) is 27.1 Å². The Labute approximate surface area is 72.3 Å². The van der Waals surface area contributed by atoms with Crippen molar-refractivity contribution in [2.75, 3.05) is 6.61 Å². The van der Waals surface area contributed by atoms with E-state index >= 15 is 0 Å². The van der Waals surface area contributed by atoms with Crippen LogP contribution < -0.4 is 4.74 Å². The summed E-state index contributed by atoms with van der Waals surface area (Å²) in [5.74, 6) is 0.983. The molecular weight excluding hydrogens is 152 g/mol. The first-order chi connectivity index (χ1) is 5.83. The van der Waals surface area contributed by atoms with E-state index in [2.05, 4.69) is 18.9 Å². The molecule has 3 nitrogen and oxygen atoms in total. The van der Waals surface area contributed by atoms with Crippen molar-refractivity contribution in [3.8, 4) is 5.88 Å². The lowest BCUT2D eigenvalue weighted by molar-refractivity contribution is 0.199. The van der Waals surface area contributed by atoms with Gasteiger partial charge in [0.1, 0.15) is 0 Å². The predicted molar refractivity (Wildman–Crippen MR) is 46.4 cm³/mol. The van der Waals surface area contributed by atoms with Crippen molar-refractivity contribution in [2.24, 2.45) is 0 Å². The molecule has 0 fully saturated rings. The van der Waals surface area contributed by atoms with E-state index in [1.165, 1.54) is 5.56 Å². The maximum Gasteiger partial charge on any atom is 0.215 e. The van der Waals surface area contributed by atoms with E-state index in [-0.39, 0.29) is 0 Å². The van der Waals surface area contributed by atoms with Gasteiger partial charge in [-0.3, -0.25) is 0 Å². The van der Waals surface area contributed by atoms with Gasteiger partial charge in [-0.25, -0.2) is 4.68 Å². The van der Waals surface area contributed by atoms with E-state index in [0.717, 1.165) is 25.3 Å². The molecule has 0 bridgehead atoms. The van der Waals surface area contributed by atoms with Gasteiger partial charge < -0.3 is 4.74 Å². The third-order valence-electron chi connectivity index (χ3n) is 2.39. The Hall–Kier alpha value is -0.990. The average molecular weight is 166 g/mol. The molecule has 1 aliphatic rings. The summed E-state index contributed by atoms with van der Waals surface area (Å²) in [5.41, 5.74) is 1.22. The molecule has 0 saturated heterocycles. The van der Waals surface area contributed by atoms with Gasteiger partial charge in [-0.1, -0.05) is 6.92 Å². The lowest BCUT2D eigenvalue weighted by Crippen LogP contribution is -2.19. The molecular formula is C9H14N2O. The largest absolute Gasteiger partial charge is 0.478 e. The molecule has 1 aromatic heterocycles. The molecule has 0 N–H and O–H groups in total. The van der Waals surface area contributed by atoms with Crippen LogP contribution in [0.15, 0.2) is 6.20 Å². The van der Waals surface area contributed by atoms with Crippen molar-refractivity contribution in [3.05, 3.63) is 11.8 Å². The fraction of sp³-hybridized carbons (Fsp3) is 0.667. The number of hydrogen-bond donors (Lipinski definition) is 0. The molecule has 1 atom stereocenters. The number of aryl methyl sites for hydroxylation is 1. The smallest absolute Gasteiger partial charge is 0.215 e. The van der Waals surface area contributed by atoms with Crippen molar-refractivity contribution in [3.63, 3.8) is 0 Å². The fourth-order valence-corrected chi connectivity index (χ4v) is 1.55. The Morgan fingerprint density at radius 1 is 1.75 bits per heavy atom. The molecule has 1 unspecified atom stereocenters. The molecule has 0 amide bonds. The number of fused-ring (bicyclic) bond motifs is 1. The van der Waals surface area contributed by atoms with Gasteiger partial charge in [0.15, 0.2) is 0 Å². The van der Waals surface area contributed by atoms with Gasteiger partial charge in [-0.2, -0.15) is 5.10 Å². The van der Waals surface area contributed by atoms with E-state index < -0.39 is 0 Å². The second-order valence-corrected chi connectivity index (χ2v) is 3.26. The first-order valence-corrected chi connectivity index (χ1v) is 4.52. The lowest BCUT2D eigenvalue weighted by atomic mass is 10.2. The molecule has 0 radical (unpaired) electrons. The van der Waals surface area contributed by atoms with Gasteiger partial charge in [0.25, 0.3) is 0 Å². The minimum atomic E-state index is 0.494. The molecule has 2 rings (SSSR count). The highest BCUT2D eigenvalue weighted by atomic mass is 16.5. The van der Waals surface area contributed by atoms with Crippen LogP contribution in [0.3, 0.4) is 0 Å². The van der Waals surface area contributed by atoms with Crippen LogP contribution in [0.4, 0.5) is 0 Å². The van der Waals surface area contributed by atoms with E-state index in [1.807, 2.05) is 10.9 Å². The molecule has 0 aliphatic carbocycles. The van der Waals surface area contributed by atoms with Crippen LogP contribution in [-0.2, 0) is 6.42 Å². The summed E-state index contributed by atoms with van der Waals surface area (Å²) < 4.78 is 7.54. The third kappa shape index (κ3) is 1.00. The number of aromatic nitrogens is 2. The van der Waals surface area contributed by atoms with Crippen molar-refractivity contribution in [1.29, 1.82) is 0 Å². The zero-order valence-electron chi connectivity index (χ0n) is 7.58. The summed E-state index contributed by atoms with van der Waals surface area (Å²) in [6.07, 6.45) is 3.98. The Kier molecular flexibility index (Phi) is 1.79. The molecule has 0 saturated carbocycles. The Bertz CT molecular complexity index is 280. The minimum absolute atomic E-state index is 0.494. The molecule has 2 heterocycles. The van der Waals surface area contributed by atoms with Crippen LogP contribution >= 0.6 is 0 Å². The van der Waals surface area contributed by atoms with E-state index in [9.17, 15) is 0 Å². The van der Waals surface area contributed by atoms with Gasteiger partial charge >= 0.3 is 0 Å². The SMILES string of the molecule is CCc1cnn2c1OCCC2C. The van der Waals surface area contributed by atoms with Crippen molar-refractivity contribution in [1.82, 2.24) is 9.78 Å². The van der Waals surface area contributed by atoms with Gasteiger partial charge in [-0.05, 0) is 13.3 Å². The van der Waals surface area contributed by atoms with Crippen LogP contribution in [0.25, 0.3) is 0 Å². The van der Waals surface area contributed by atoms with Crippen LogP contribution in [0.5, 0.6) is 5.88 Å². The Morgan fingerprint density at radius 3 is 3.33 bits per heavy atom. The van der Waals surface area contributed by atoms with Gasteiger partial charge in [0, 0.05) is 12.0 Å². The summed E-state index contributed by atoms with van der Waals surface area (Å²) in [4.78, 5) is 0. The average Bonchev–Trinajstić information content (AvgIpc) is 2.49. The molecule has 66 valence electrons. The summed E-state index contributed by atoms with van der Waals surface area (Å²) in [5, 5.41) is 4.30. The normalized spacial score (nSPS) is 21.7. The quantitative estimate of drug-likeness (QED) is 0.636. The van der Waals surface area contributed by atoms with Crippen LogP contribution in [-0.4, -0.2) is 16.4 Å². The van der Waals surface area contributed by atoms with E-state index in [1.54, 1.807) is 0 Å². The molecule has 3 heteroatoms. The Morgan fingerprint density at radius 2 is 2.58 bits per heavy atom. The second-order valence-electron chi connectivity index (χ2n) is 3.26. The Balaban J connectivity index is 2.41. The first kappa shape index (κ1) is 7.65. The molecule has 0 spiro atoms. The van der Waals surface area contributed by atoms with Crippen LogP contribution in [0, 0.1) is 0 Å². The monoisotopic (exact) mass is 166 g/mol. The molecule has 0 aromatic carbocycles. The predicted octanol–water partition coefficient (Wildman–Crippen LogP) is 1.79. The molecule has 1 aliphatic heterocycles. The van der Waals surface area contributed by atoms with Gasteiger partial charge in [0.05, 0.1) is 18.8 Å². The van der Waals surface area contributed by atoms with Crippen LogP contribution in [0.1, 0.15) is 31.9 Å². The maximum absolute atomic E-state index is 5.56. The third-order valence-corrected chi connectivity index (χ3v) is 2.39. The summed E-state index contributed by atoms with van der Waals surface area (Å²) in [6.45, 7) is 5.14.